The molecule has 0 fully saturated rings. The summed E-state index contributed by atoms with van der Waals surface area (Å²) >= 11 is 8.23. The molecule has 3 rings (SSSR count). The van der Waals surface area contributed by atoms with Gasteiger partial charge in [-0.1, -0.05) is 15.9 Å². The lowest BCUT2D eigenvalue weighted by Gasteiger charge is -2.21. The number of thiophene rings is 1. The zero-order chi connectivity index (χ0) is 18.1. The Morgan fingerprint density at radius 3 is 2.60 bits per heavy atom. The molecule has 0 radical (unpaired) electrons. The number of ether oxygens (including phenoxy) is 2. The van der Waals surface area contributed by atoms with Crippen molar-refractivity contribution in [3.8, 4) is 5.75 Å². The normalized spacial score (nSPS) is 16.4. The summed E-state index contributed by atoms with van der Waals surface area (Å²) in [7, 11) is 0. The van der Waals surface area contributed by atoms with Crippen LogP contribution in [0.25, 0.3) is 0 Å². The molecule has 1 aromatic heterocycles. The number of hydrogen-bond donors (Lipinski definition) is 0. The first kappa shape index (κ1) is 18.1. The number of hydrazone groups is 1. The van der Waals surface area contributed by atoms with E-state index in [2.05, 4.69) is 37.0 Å². The van der Waals surface area contributed by atoms with Crippen molar-refractivity contribution >= 4 is 61.0 Å². The Bertz CT molecular complexity index is 881. The summed E-state index contributed by atoms with van der Waals surface area (Å²) in [5.41, 5.74) is 0.522. The lowest BCUT2D eigenvalue weighted by atomic mass is 10.1. The summed E-state index contributed by atoms with van der Waals surface area (Å²) in [6.45, 7) is 2.71. The molecule has 9 heteroatoms. The van der Waals surface area contributed by atoms with Gasteiger partial charge >= 0.3 is 5.97 Å². The third-order valence-electron chi connectivity index (χ3n) is 3.24. The van der Waals surface area contributed by atoms with Crippen LogP contribution in [0.15, 0.2) is 43.7 Å². The predicted molar refractivity (Wildman–Crippen MR) is 100 cm³/mol. The third kappa shape index (κ3) is 3.94. The van der Waals surface area contributed by atoms with Crippen molar-refractivity contribution in [2.24, 2.45) is 5.10 Å². The van der Waals surface area contributed by atoms with E-state index in [-0.39, 0.29) is 5.91 Å². The maximum absolute atomic E-state index is 12.0. The molecule has 2 aromatic rings. The second kappa shape index (κ2) is 7.27. The summed E-state index contributed by atoms with van der Waals surface area (Å²) in [5, 5.41) is 5.52. The largest absolute Gasteiger partial charge is 0.445 e. The van der Waals surface area contributed by atoms with Crippen molar-refractivity contribution in [1.29, 1.82) is 0 Å². The Labute approximate surface area is 164 Å². The van der Waals surface area contributed by atoms with Crippen LogP contribution < -0.4 is 4.74 Å². The van der Waals surface area contributed by atoms with Gasteiger partial charge < -0.3 is 9.47 Å². The van der Waals surface area contributed by atoms with E-state index in [1.54, 1.807) is 18.2 Å². The fraction of sp³-hybridized carbons (Fsp3) is 0.188. The maximum atomic E-state index is 12.0. The van der Waals surface area contributed by atoms with Gasteiger partial charge in [-0.25, -0.2) is 0 Å². The zero-order valence-electron chi connectivity index (χ0n) is 13.2. The van der Waals surface area contributed by atoms with Crippen molar-refractivity contribution in [3.05, 3.63) is 49.0 Å². The summed E-state index contributed by atoms with van der Waals surface area (Å²) in [4.78, 5) is 24.2. The van der Waals surface area contributed by atoms with Crippen LogP contribution >= 0.6 is 43.2 Å². The number of carbonyl (C=O) groups excluding carboxylic acids is 2. The SMILES string of the molecule is CC(=O)Oc1ccc(Br)cc1[C@H]1OC(c2ccc(Br)s2)=NN1C(C)=O. The average Bonchev–Trinajstić information content (AvgIpc) is 3.14. The minimum atomic E-state index is -0.819. The second-order valence-electron chi connectivity index (χ2n) is 5.12. The molecule has 0 saturated carbocycles. The summed E-state index contributed by atoms with van der Waals surface area (Å²) in [6.07, 6.45) is -0.819. The molecule has 6 nitrogen and oxygen atoms in total. The molecule has 1 amide bonds. The Morgan fingerprint density at radius 2 is 2.00 bits per heavy atom. The lowest BCUT2D eigenvalue weighted by Crippen LogP contribution is -2.26. The Kier molecular flexibility index (Phi) is 5.26. The van der Waals surface area contributed by atoms with E-state index in [0.717, 1.165) is 13.1 Å². The molecule has 2 heterocycles. The molecule has 0 N–H and O–H groups in total. The number of benzene rings is 1. The van der Waals surface area contributed by atoms with E-state index in [9.17, 15) is 9.59 Å². The number of rotatable bonds is 3. The molecule has 1 aromatic carbocycles. The van der Waals surface area contributed by atoms with Gasteiger partial charge in [-0.2, -0.15) is 5.01 Å². The van der Waals surface area contributed by atoms with Gasteiger partial charge in [0.1, 0.15) is 5.75 Å². The molecular weight excluding hydrogens is 476 g/mol. The van der Waals surface area contributed by atoms with Crippen LogP contribution in [0.4, 0.5) is 0 Å². The highest BCUT2D eigenvalue weighted by atomic mass is 79.9. The number of esters is 1. The fourth-order valence-corrected chi connectivity index (χ4v) is 3.95. The van der Waals surface area contributed by atoms with E-state index in [1.807, 2.05) is 12.1 Å². The number of nitrogens with zero attached hydrogens (tertiary/aromatic N) is 2. The lowest BCUT2D eigenvalue weighted by molar-refractivity contribution is -0.135. The van der Waals surface area contributed by atoms with Gasteiger partial charge in [0, 0.05) is 18.3 Å². The van der Waals surface area contributed by atoms with Crippen molar-refractivity contribution < 1.29 is 19.1 Å². The second-order valence-corrected chi connectivity index (χ2v) is 8.50. The van der Waals surface area contributed by atoms with Crippen molar-refractivity contribution in [3.63, 3.8) is 0 Å². The molecule has 0 saturated heterocycles. The molecule has 0 aliphatic carbocycles. The number of halogens is 2. The Balaban J connectivity index is 2.01. The molecule has 0 bridgehead atoms. The van der Waals surface area contributed by atoms with Gasteiger partial charge in [0.2, 0.25) is 12.1 Å². The minimum absolute atomic E-state index is 0.288. The molecule has 25 heavy (non-hydrogen) atoms. The average molecular weight is 488 g/mol. The maximum Gasteiger partial charge on any atom is 0.308 e. The van der Waals surface area contributed by atoms with Gasteiger partial charge in [-0.3, -0.25) is 9.59 Å². The zero-order valence-corrected chi connectivity index (χ0v) is 17.1. The monoisotopic (exact) mass is 486 g/mol. The van der Waals surface area contributed by atoms with E-state index >= 15 is 0 Å². The van der Waals surface area contributed by atoms with Crippen LogP contribution in [0.5, 0.6) is 5.75 Å². The Hall–Kier alpha value is -1.71. The number of amides is 1. The van der Waals surface area contributed by atoms with Gasteiger partial charge in [0.15, 0.2) is 0 Å². The quantitative estimate of drug-likeness (QED) is 0.474. The van der Waals surface area contributed by atoms with Crippen LogP contribution in [0.1, 0.15) is 30.5 Å². The van der Waals surface area contributed by atoms with Crippen LogP contribution in [-0.2, 0) is 14.3 Å². The highest BCUT2D eigenvalue weighted by Gasteiger charge is 2.36. The Morgan fingerprint density at radius 1 is 1.24 bits per heavy atom. The molecule has 130 valence electrons. The van der Waals surface area contributed by atoms with Crippen LogP contribution in [0.2, 0.25) is 0 Å². The third-order valence-corrected chi connectivity index (χ3v) is 5.35. The topological polar surface area (TPSA) is 68.2 Å². The van der Waals surface area contributed by atoms with E-state index in [1.165, 1.54) is 30.2 Å². The molecular formula is C16H12Br2N2O4S. The summed E-state index contributed by atoms with van der Waals surface area (Å²) < 4.78 is 12.9. The highest BCUT2D eigenvalue weighted by Crippen LogP contribution is 2.38. The molecule has 1 atom stereocenters. The van der Waals surface area contributed by atoms with Gasteiger partial charge in [-0.05, 0) is 46.3 Å². The van der Waals surface area contributed by atoms with E-state index < -0.39 is 12.2 Å². The number of carbonyl (C=O) groups is 2. The van der Waals surface area contributed by atoms with Crippen LogP contribution in [0.3, 0.4) is 0 Å². The smallest absolute Gasteiger partial charge is 0.308 e. The van der Waals surface area contributed by atoms with Crippen molar-refractivity contribution in [2.75, 3.05) is 0 Å². The first-order valence-electron chi connectivity index (χ1n) is 7.14. The van der Waals surface area contributed by atoms with E-state index in [4.69, 9.17) is 9.47 Å². The van der Waals surface area contributed by atoms with Gasteiger partial charge in [0.05, 0.1) is 14.2 Å². The molecule has 0 spiro atoms. The van der Waals surface area contributed by atoms with Crippen LogP contribution in [0, 0.1) is 0 Å². The van der Waals surface area contributed by atoms with Crippen molar-refractivity contribution in [2.45, 2.75) is 20.1 Å². The summed E-state index contributed by atoms with van der Waals surface area (Å²) in [5.74, 6) is -0.0935. The van der Waals surface area contributed by atoms with E-state index in [0.29, 0.717) is 17.2 Å². The standard InChI is InChI=1S/C16H12Br2N2O4S/c1-8(21)20-16(24-15(19-20)13-5-6-14(18)25-13)11-7-10(17)3-4-12(11)23-9(2)22/h3-7,16H,1-2H3/t16-/m1/s1. The molecule has 1 aliphatic rings. The van der Waals surface area contributed by atoms with Gasteiger partial charge in [0.25, 0.3) is 5.90 Å². The highest BCUT2D eigenvalue weighted by molar-refractivity contribution is 9.11. The summed E-state index contributed by atoms with van der Waals surface area (Å²) in [6, 6.07) is 8.85. The fourth-order valence-electron chi connectivity index (χ4n) is 2.26. The van der Waals surface area contributed by atoms with Crippen LogP contribution in [-0.4, -0.2) is 22.8 Å². The predicted octanol–water partition coefficient (Wildman–Crippen LogP) is 4.44. The first-order chi connectivity index (χ1) is 11.8. The van der Waals surface area contributed by atoms with Crippen molar-refractivity contribution in [1.82, 2.24) is 5.01 Å². The van der Waals surface area contributed by atoms with Gasteiger partial charge in [-0.15, -0.1) is 16.4 Å². The first-order valence-corrected chi connectivity index (χ1v) is 9.54. The number of hydrogen-bond acceptors (Lipinski definition) is 6. The molecule has 0 unspecified atom stereocenters. The molecule has 1 aliphatic heterocycles. The minimum Gasteiger partial charge on any atom is -0.445 e.